The molecule has 1 aliphatic carbocycles. The third-order valence-corrected chi connectivity index (χ3v) is 3.84. The van der Waals surface area contributed by atoms with Crippen molar-refractivity contribution in [3.63, 3.8) is 0 Å². The number of rotatable bonds is 6. The van der Waals surface area contributed by atoms with Crippen LogP contribution in [0.2, 0.25) is 0 Å². The van der Waals surface area contributed by atoms with E-state index in [1.165, 1.54) is 32.1 Å². The van der Waals surface area contributed by atoms with Crippen molar-refractivity contribution in [1.82, 2.24) is 0 Å². The van der Waals surface area contributed by atoms with Crippen LogP contribution in [0.1, 0.15) is 37.7 Å². The van der Waals surface area contributed by atoms with Crippen LogP contribution >= 0.6 is 0 Å². The van der Waals surface area contributed by atoms with E-state index in [4.69, 9.17) is 15.6 Å². The van der Waals surface area contributed by atoms with Crippen molar-refractivity contribution in [2.45, 2.75) is 44.6 Å². The van der Waals surface area contributed by atoms with E-state index < -0.39 is 0 Å². The van der Waals surface area contributed by atoms with E-state index in [0.29, 0.717) is 6.42 Å². The van der Waals surface area contributed by atoms with E-state index in [-0.39, 0.29) is 12.6 Å². The molecule has 1 saturated carbocycles. The minimum Gasteiger partial charge on any atom is -0.493 e. The number of aliphatic hydroxyl groups excluding tert-OH is 1. The van der Waals surface area contributed by atoms with E-state index >= 15 is 0 Å². The SMILES string of the molecule is NC(CO)Cc1cccc(OCC2CCCCC2)c1. The van der Waals surface area contributed by atoms with E-state index in [1.54, 1.807) is 0 Å². The Morgan fingerprint density at radius 3 is 2.79 bits per heavy atom. The smallest absolute Gasteiger partial charge is 0.119 e. The fourth-order valence-corrected chi connectivity index (χ4v) is 2.70. The lowest BCUT2D eigenvalue weighted by Gasteiger charge is -2.21. The monoisotopic (exact) mass is 263 g/mol. The van der Waals surface area contributed by atoms with Gasteiger partial charge in [0.2, 0.25) is 0 Å². The molecule has 3 nitrogen and oxygen atoms in total. The van der Waals surface area contributed by atoms with Crippen LogP contribution in [0.3, 0.4) is 0 Å². The zero-order chi connectivity index (χ0) is 13.5. The normalized spacial score (nSPS) is 18.2. The number of hydrogen-bond donors (Lipinski definition) is 2. The van der Waals surface area contributed by atoms with Gasteiger partial charge in [-0.25, -0.2) is 0 Å². The van der Waals surface area contributed by atoms with Crippen LogP contribution in [0.15, 0.2) is 24.3 Å². The Hall–Kier alpha value is -1.06. The summed E-state index contributed by atoms with van der Waals surface area (Å²) in [5.74, 6) is 1.64. The largest absolute Gasteiger partial charge is 0.493 e. The molecule has 1 unspecified atom stereocenters. The van der Waals surface area contributed by atoms with Crippen molar-refractivity contribution in [3.05, 3.63) is 29.8 Å². The minimum absolute atomic E-state index is 0.0210. The molecule has 0 radical (unpaired) electrons. The molecule has 1 aliphatic rings. The van der Waals surface area contributed by atoms with Crippen molar-refractivity contribution in [3.8, 4) is 5.75 Å². The fraction of sp³-hybridized carbons (Fsp3) is 0.625. The Balaban J connectivity index is 1.84. The molecule has 1 aromatic rings. The molecule has 3 N–H and O–H groups in total. The van der Waals surface area contributed by atoms with Gasteiger partial charge in [0.25, 0.3) is 0 Å². The van der Waals surface area contributed by atoms with Crippen LogP contribution in [0.4, 0.5) is 0 Å². The van der Waals surface area contributed by atoms with Gasteiger partial charge in [0.15, 0.2) is 0 Å². The Morgan fingerprint density at radius 1 is 1.26 bits per heavy atom. The third-order valence-electron chi connectivity index (χ3n) is 3.84. The minimum atomic E-state index is -0.186. The maximum absolute atomic E-state index is 8.98. The molecular formula is C16H25NO2. The van der Waals surface area contributed by atoms with Gasteiger partial charge in [0.05, 0.1) is 13.2 Å². The summed E-state index contributed by atoms with van der Waals surface area (Å²) in [6.07, 6.45) is 7.37. The molecule has 0 heterocycles. The van der Waals surface area contributed by atoms with Gasteiger partial charge in [0, 0.05) is 6.04 Å². The van der Waals surface area contributed by atoms with Gasteiger partial charge in [-0.2, -0.15) is 0 Å². The lowest BCUT2D eigenvalue weighted by molar-refractivity contribution is 0.208. The lowest BCUT2D eigenvalue weighted by Crippen LogP contribution is -2.26. The first-order valence-corrected chi connectivity index (χ1v) is 7.36. The second kappa shape index (κ2) is 7.51. The quantitative estimate of drug-likeness (QED) is 0.829. The van der Waals surface area contributed by atoms with Crippen molar-refractivity contribution in [2.75, 3.05) is 13.2 Å². The number of hydrogen-bond acceptors (Lipinski definition) is 3. The zero-order valence-electron chi connectivity index (χ0n) is 11.6. The summed E-state index contributed by atoms with van der Waals surface area (Å²) in [5.41, 5.74) is 6.88. The van der Waals surface area contributed by atoms with Gasteiger partial charge in [-0.15, -0.1) is 0 Å². The van der Waals surface area contributed by atoms with Crippen molar-refractivity contribution < 1.29 is 9.84 Å². The summed E-state index contributed by atoms with van der Waals surface area (Å²) >= 11 is 0. The Labute approximate surface area is 115 Å². The molecule has 19 heavy (non-hydrogen) atoms. The second-order valence-corrected chi connectivity index (χ2v) is 5.61. The Morgan fingerprint density at radius 2 is 2.05 bits per heavy atom. The Kier molecular flexibility index (Phi) is 5.67. The molecular weight excluding hydrogens is 238 g/mol. The molecule has 0 amide bonds. The summed E-state index contributed by atoms with van der Waals surface area (Å²) in [4.78, 5) is 0. The van der Waals surface area contributed by atoms with Gasteiger partial charge >= 0.3 is 0 Å². The fourth-order valence-electron chi connectivity index (χ4n) is 2.70. The first kappa shape index (κ1) is 14.4. The molecule has 2 rings (SSSR count). The highest BCUT2D eigenvalue weighted by Crippen LogP contribution is 2.25. The molecule has 1 atom stereocenters. The van der Waals surface area contributed by atoms with Crippen LogP contribution < -0.4 is 10.5 Å². The molecule has 0 saturated heterocycles. The first-order chi connectivity index (χ1) is 9.28. The van der Waals surface area contributed by atoms with Crippen LogP contribution in [0, 0.1) is 5.92 Å². The van der Waals surface area contributed by atoms with E-state index in [0.717, 1.165) is 23.8 Å². The topological polar surface area (TPSA) is 55.5 Å². The van der Waals surface area contributed by atoms with E-state index in [2.05, 4.69) is 0 Å². The summed E-state index contributed by atoms with van der Waals surface area (Å²) in [5, 5.41) is 8.98. The summed E-state index contributed by atoms with van der Waals surface area (Å²) in [6, 6.07) is 7.88. The highest BCUT2D eigenvalue weighted by atomic mass is 16.5. The molecule has 1 fully saturated rings. The molecule has 0 aromatic heterocycles. The Bertz CT molecular complexity index is 375. The maximum Gasteiger partial charge on any atom is 0.119 e. The maximum atomic E-state index is 8.98. The number of benzene rings is 1. The number of nitrogens with two attached hydrogens (primary N) is 1. The van der Waals surface area contributed by atoms with Crippen molar-refractivity contribution in [2.24, 2.45) is 11.7 Å². The lowest BCUT2D eigenvalue weighted by atomic mass is 9.90. The average molecular weight is 263 g/mol. The predicted molar refractivity (Wildman–Crippen MR) is 77.3 cm³/mol. The number of aliphatic hydroxyl groups is 1. The van der Waals surface area contributed by atoms with E-state index in [1.807, 2.05) is 24.3 Å². The molecule has 0 bridgehead atoms. The van der Waals surface area contributed by atoms with Gasteiger partial charge in [-0.3, -0.25) is 0 Å². The van der Waals surface area contributed by atoms with Crippen LogP contribution in [0.5, 0.6) is 5.75 Å². The second-order valence-electron chi connectivity index (χ2n) is 5.61. The standard InChI is InChI=1S/C16H25NO2/c17-15(11-18)9-14-7-4-8-16(10-14)19-12-13-5-2-1-3-6-13/h4,7-8,10,13,15,18H,1-3,5-6,9,11-12,17H2. The molecule has 106 valence electrons. The highest BCUT2D eigenvalue weighted by Gasteiger charge is 2.14. The summed E-state index contributed by atoms with van der Waals surface area (Å²) < 4.78 is 5.90. The highest BCUT2D eigenvalue weighted by molar-refractivity contribution is 5.29. The first-order valence-electron chi connectivity index (χ1n) is 7.36. The van der Waals surface area contributed by atoms with Crippen molar-refractivity contribution >= 4 is 0 Å². The average Bonchev–Trinajstić information content (AvgIpc) is 2.46. The summed E-state index contributed by atoms with van der Waals surface area (Å²) in [6.45, 7) is 0.850. The number of ether oxygens (including phenoxy) is 1. The van der Waals surface area contributed by atoms with Crippen LogP contribution in [-0.4, -0.2) is 24.4 Å². The van der Waals surface area contributed by atoms with Crippen LogP contribution in [0.25, 0.3) is 0 Å². The van der Waals surface area contributed by atoms with Crippen molar-refractivity contribution in [1.29, 1.82) is 0 Å². The summed E-state index contributed by atoms with van der Waals surface area (Å²) in [7, 11) is 0. The predicted octanol–water partition coefficient (Wildman–Crippen LogP) is 2.51. The zero-order valence-corrected chi connectivity index (χ0v) is 11.6. The van der Waals surface area contributed by atoms with Gasteiger partial charge in [-0.05, 0) is 42.9 Å². The van der Waals surface area contributed by atoms with E-state index in [9.17, 15) is 0 Å². The molecule has 1 aromatic carbocycles. The van der Waals surface area contributed by atoms with Gasteiger partial charge in [0.1, 0.15) is 5.75 Å². The molecule has 0 aliphatic heterocycles. The van der Waals surface area contributed by atoms with Gasteiger partial charge < -0.3 is 15.6 Å². The molecule has 3 heteroatoms. The third kappa shape index (κ3) is 4.84. The molecule has 0 spiro atoms. The van der Waals surface area contributed by atoms with Crippen LogP contribution in [-0.2, 0) is 6.42 Å². The van der Waals surface area contributed by atoms with Gasteiger partial charge in [-0.1, -0.05) is 31.4 Å².